The minimum absolute atomic E-state index is 0.0317. The van der Waals surface area contributed by atoms with Gasteiger partial charge < -0.3 is 25.4 Å². The summed E-state index contributed by atoms with van der Waals surface area (Å²) in [6.45, 7) is 2.53. The van der Waals surface area contributed by atoms with Crippen LogP contribution in [-0.2, 0) is 12.0 Å². The molecule has 2 aromatic rings. The number of amides is 1. The number of nitrogens with two attached hydrogens (primary N) is 1. The Morgan fingerprint density at radius 1 is 1.37 bits per heavy atom. The second-order valence-corrected chi connectivity index (χ2v) is 9.85. The Morgan fingerprint density at radius 2 is 2.13 bits per heavy atom. The van der Waals surface area contributed by atoms with Crippen LogP contribution in [0.15, 0.2) is 34.5 Å². The Kier molecular flexibility index (Phi) is 6.27. The number of piperidine rings is 1. The number of nitrogens with zero attached hydrogens (tertiary/aromatic N) is 1. The molecule has 0 atom stereocenters. The lowest BCUT2D eigenvalue weighted by atomic mass is 9.74. The van der Waals surface area contributed by atoms with E-state index in [1.54, 1.807) is 17.8 Å². The lowest BCUT2D eigenvalue weighted by Crippen LogP contribution is -2.45. The number of carbonyl (C=O) groups excluding carboxylic acids is 1. The van der Waals surface area contributed by atoms with E-state index < -0.39 is 7.12 Å². The van der Waals surface area contributed by atoms with Gasteiger partial charge in [-0.15, -0.1) is 23.1 Å². The molecule has 2 aliphatic rings. The van der Waals surface area contributed by atoms with Crippen molar-refractivity contribution in [1.82, 2.24) is 4.90 Å². The molecule has 30 heavy (non-hydrogen) atoms. The fraction of sp³-hybridized carbons (Fsp3) is 0.381. The van der Waals surface area contributed by atoms with Gasteiger partial charge in [-0.3, -0.25) is 4.79 Å². The third kappa shape index (κ3) is 4.05. The van der Waals surface area contributed by atoms with Gasteiger partial charge in [0.1, 0.15) is 5.75 Å². The van der Waals surface area contributed by atoms with Crippen LogP contribution in [-0.4, -0.2) is 53.9 Å². The first-order valence-electron chi connectivity index (χ1n) is 9.93. The minimum Gasteiger partial charge on any atom is -0.492 e. The first-order valence-corrected chi connectivity index (χ1v) is 12.0. The third-order valence-electron chi connectivity index (χ3n) is 5.93. The number of thioether (sulfide) groups is 1. The largest absolute Gasteiger partial charge is 0.492 e. The molecule has 1 aromatic heterocycles. The monoisotopic (exact) mass is 444 g/mol. The fourth-order valence-corrected chi connectivity index (χ4v) is 6.02. The lowest BCUT2D eigenvalue weighted by molar-refractivity contribution is 0.0651. The van der Waals surface area contributed by atoms with Gasteiger partial charge >= 0.3 is 7.12 Å². The van der Waals surface area contributed by atoms with E-state index in [4.69, 9.17) is 20.5 Å². The Bertz CT molecular complexity index is 968. The van der Waals surface area contributed by atoms with Crippen LogP contribution < -0.4 is 10.5 Å². The smallest absolute Gasteiger partial charge is 0.480 e. The van der Waals surface area contributed by atoms with Crippen LogP contribution in [0.5, 0.6) is 5.75 Å². The van der Waals surface area contributed by atoms with Gasteiger partial charge in [0.15, 0.2) is 0 Å². The zero-order valence-electron chi connectivity index (χ0n) is 16.8. The predicted octanol–water partition coefficient (Wildman–Crippen LogP) is 2.52. The molecule has 1 aromatic carbocycles. The van der Waals surface area contributed by atoms with E-state index in [1.165, 1.54) is 22.9 Å². The molecule has 0 unspecified atom stereocenters. The molecule has 4 rings (SSSR count). The number of rotatable bonds is 5. The molecular weight excluding hydrogens is 419 g/mol. The molecule has 1 spiro atoms. The standard InChI is InChI=1S/C21H25BN2O4S2/c1-29-20-15(4-7-22(26)27)11-18(30-20)19(25)24-8-5-21(6-9-24)13-28-17-3-2-14(12-23)10-16(17)21/h2-4,7,10-11,26-27H,5-6,8-9,12-13,23H2,1H3/b7-4+. The highest BCUT2D eigenvalue weighted by Crippen LogP contribution is 2.46. The van der Waals surface area contributed by atoms with E-state index >= 15 is 0 Å². The van der Waals surface area contributed by atoms with Gasteiger partial charge in [0, 0.05) is 30.6 Å². The van der Waals surface area contributed by atoms with E-state index in [9.17, 15) is 4.79 Å². The van der Waals surface area contributed by atoms with Crippen LogP contribution in [0.3, 0.4) is 0 Å². The molecule has 4 N–H and O–H groups in total. The summed E-state index contributed by atoms with van der Waals surface area (Å²) in [6.07, 6.45) is 5.33. The van der Waals surface area contributed by atoms with Crippen molar-refractivity contribution in [3.63, 3.8) is 0 Å². The normalized spacial score (nSPS) is 17.4. The second kappa shape index (κ2) is 8.76. The van der Waals surface area contributed by atoms with Crippen LogP contribution in [0.2, 0.25) is 0 Å². The van der Waals surface area contributed by atoms with Gasteiger partial charge in [0.2, 0.25) is 0 Å². The van der Waals surface area contributed by atoms with E-state index in [-0.39, 0.29) is 11.3 Å². The fourth-order valence-electron chi connectivity index (χ4n) is 4.20. The Labute approximate surface area is 184 Å². The molecule has 1 amide bonds. The quantitative estimate of drug-likeness (QED) is 0.485. The van der Waals surface area contributed by atoms with Crippen molar-refractivity contribution < 1.29 is 19.6 Å². The first kappa shape index (κ1) is 21.5. The number of hydrogen-bond donors (Lipinski definition) is 3. The molecule has 2 aliphatic heterocycles. The Morgan fingerprint density at radius 3 is 2.80 bits per heavy atom. The predicted molar refractivity (Wildman–Crippen MR) is 122 cm³/mol. The molecular formula is C21H25BN2O4S2. The molecule has 3 heterocycles. The van der Waals surface area contributed by atoms with E-state index in [0.717, 1.165) is 33.9 Å². The average Bonchev–Trinajstić information content (AvgIpc) is 3.34. The SMILES string of the molecule is CSc1sc(C(=O)N2CCC3(CC2)COc2ccc(CN)cc23)cc1/C=C/B(O)O. The number of likely N-dealkylation sites (tertiary alicyclic amines) is 1. The van der Waals surface area contributed by atoms with Crippen molar-refractivity contribution in [3.05, 3.63) is 51.8 Å². The van der Waals surface area contributed by atoms with Crippen LogP contribution in [0.4, 0.5) is 0 Å². The van der Waals surface area contributed by atoms with Crippen LogP contribution in [0, 0.1) is 0 Å². The van der Waals surface area contributed by atoms with Crippen molar-refractivity contribution in [3.8, 4) is 5.75 Å². The first-order chi connectivity index (χ1) is 14.5. The maximum Gasteiger partial charge on any atom is 0.480 e. The van der Waals surface area contributed by atoms with Crippen molar-refractivity contribution in [1.29, 1.82) is 0 Å². The van der Waals surface area contributed by atoms with Gasteiger partial charge in [-0.05, 0) is 42.4 Å². The zero-order valence-corrected chi connectivity index (χ0v) is 18.5. The van der Waals surface area contributed by atoms with Gasteiger partial charge in [0.05, 0.1) is 15.7 Å². The molecule has 158 valence electrons. The van der Waals surface area contributed by atoms with E-state index in [2.05, 4.69) is 6.07 Å². The number of benzene rings is 1. The highest BCUT2D eigenvalue weighted by Gasteiger charge is 2.44. The molecule has 6 nitrogen and oxygen atoms in total. The minimum atomic E-state index is -1.51. The number of hydrogen-bond acceptors (Lipinski definition) is 7. The van der Waals surface area contributed by atoms with Gasteiger partial charge in [0.25, 0.3) is 5.91 Å². The molecule has 1 fully saturated rings. The van der Waals surface area contributed by atoms with Crippen LogP contribution >= 0.6 is 23.1 Å². The number of ether oxygens (including phenoxy) is 1. The van der Waals surface area contributed by atoms with E-state index in [0.29, 0.717) is 31.1 Å². The molecule has 0 aliphatic carbocycles. The van der Waals surface area contributed by atoms with Gasteiger partial charge in [-0.25, -0.2) is 0 Å². The maximum absolute atomic E-state index is 13.1. The molecule has 0 radical (unpaired) electrons. The zero-order chi connectivity index (χ0) is 21.3. The van der Waals surface area contributed by atoms with E-state index in [1.807, 2.05) is 29.4 Å². The third-order valence-corrected chi connectivity index (χ3v) is 8.22. The van der Waals surface area contributed by atoms with Crippen LogP contribution in [0.1, 0.15) is 39.2 Å². The molecule has 9 heteroatoms. The summed E-state index contributed by atoms with van der Waals surface area (Å²) in [7, 11) is -1.51. The molecule has 0 saturated carbocycles. The van der Waals surface area contributed by atoms with Crippen molar-refractivity contribution in [2.24, 2.45) is 5.73 Å². The molecule has 0 bridgehead atoms. The Hall–Kier alpha value is -1.78. The average molecular weight is 444 g/mol. The summed E-state index contributed by atoms with van der Waals surface area (Å²) in [5.41, 5.74) is 8.96. The second-order valence-electron chi connectivity index (χ2n) is 7.73. The highest BCUT2D eigenvalue weighted by molar-refractivity contribution is 8.00. The lowest BCUT2D eigenvalue weighted by Gasteiger charge is -2.38. The number of fused-ring (bicyclic) bond motifs is 2. The number of thiophene rings is 1. The van der Waals surface area contributed by atoms with Gasteiger partial charge in [-0.2, -0.15) is 0 Å². The highest BCUT2D eigenvalue weighted by atomic mass is 32.2. The van der Waals surface area contributed by atoms with Crippen molar-refractivity contribution in [2.45, 2.75) is 29.0 Å². The van der Waals surface area contributed by atoms with Crippen molar-refractivity contribution in [2.75, 3.05) is 26.0 Å². The summed E-state index contributed by atoms with van der Waals surface area (Å²) in [5.74, 6) is 2.27. The van der Waals surface area contributed by atoms with Crippen LogP contribution in [0.25, 0.3) is 6.08 Å². The topological polar surface area (TPSA) is 96.0 Å². The summed E-state index contributed by atoms with van der Waals surface area (Å²) >= 11 is 3.00. The Balaban J connectivity index is 1.49. The maximum atomic E-state index is 13.1. The van der Waals surface area contributed by atoms with Gasteiger partial charge in [-0.1, -0.05) is 24.2 Å². The van der Waals surface area contributed by atoms with Crippen molar-refractivity contribution >= 4 is 42.2 Å². The summed E-state index contributed by atoms with van der Waals surface area (Å²) < 4.78 is 6.94. The molecule has 1 saturated heterocycles. The summed E-state index contributed by atoms with van der Waals surface area (Å²) in [6, 6.07) is 8.03. The summed E-state index contributed by atoms with van der Waals surface area (Å²) in [4.78, 5) is 15.7. The number of carbonyl (C=O) groups is 1. The summed E-state index contributed by atoms with van der Waals surface area (Å²) in [5, 5.41) is 18.1.